The minimum atomic E-state index is -4.04. The van der Waals surface area contributed by atoms with E-state index in [4.69, 9.17) is 11.6 Å². The van der Waals surface area contributed by atoms with Gasteiger partial charge in [-0.3, -0.25) is 0 Å². The molecular weight excluding hydrogens is 332 g/mol. The molecule has 0 aliphatic rings. The van der Waals surface area contributed by atoms with E-state index in [0.29, 0.717) is 16.7 Å². The molecule has 114 valence electrons. The van der Waals surface area contributed by atoms with Crippen molar-refractivity contribution in [3.63, 3.8) is 0 Å². The largest absolute Gasteiger partial charge is 0.241 e. The van der Waals surface area contributed by atoms with E-state index < -0.39 is 26.6 Å². The molecule has 0 aliphatic heterocycles. The van der Waals surface area contributed by atoms with Gasteiger partial charge in [-0.05, 0) is 24.3 Å². The van der Waals surface area contributed by atoms with Gasteiger partial charge < -0.3 is 0 Å². The van der Waals surface area contributed by atoms with Crippen molar-refractivity contribution >= 4 is 21.6 Å². The molecule has 0 amide bonds. The first-order valence-electron chi connectivity index (χ1n) is 6.08. The Morgan fingerprint density at radius 1 is 1.09 bits per heavy atom. The van der Waals surface area contributed by atoms with Crippen molar-refractivity contribution in [3.05, 3.63) is 64.7 Å². The fourth-order valence-electron chi connectivity index (χ4n) is 1.60. The Hall–Kier alpha value is -1.94. The van der Waals surface area contributed by atoms with E-state index in [2.05, 4.69) is 16.6 Å². The quantitative estimate of drug-likeness (QED) is 0.872. The molecule has 0 fully saturated rings. The van der Waals surface area contributed by atoms with Crippen LogP contribution < -0.4 is 4.72 Å². The van der Waals surface area contributed by atoms with Gasteiger partial charge in [-0.25, -0.2) is 17.2 Å². The second-order valence-corrected chi connectivity index (χ2v) is 6.39. The van der Waals surface area contributed by atoms with Crippen molar-refractivity contribution < 1.29 is 17.2 Å². The molecule has 0 spiro atoms. The van der Waals surface area contributed by atoms with Gasteiger partial charge in [-0.15, -0.1) is 0 Å². The second-order valence-electron chi connectivity index (χ2n) is 4.21. The Morgan fingerprint density at radius 3 is 2.36 bits per heavy atom. The molecule has 7 heteroatoms. The summed E-state index contributed by atoms with van der Waals surface area (Å²) in [6, 6.07) is 8.89. The lowest BCUT2D eigenvalue weighted by molar-refractivity contribution is 0.563. The molecule has 0 unspecified atom stereocenters. The fourth-order valence-corrected chi connectivity index (χ4v) is 2.75. The number of hydrogen-bond acceptors (Lipinski definition) is 2. The number of nitrogens with one attached hydrogen (secondary N) is 1. The van der Waals surface area contributed by atoms with Crippen LogP contribution in [0.15, 0.2) is 47.4 Å². The summed E-state index contributed by atoms with van der Waals surface area (Å²) >= 11 is 5.90. The molecule has 0 heterocycles. The monoisotopic (exact) mass is 341 g/mol. The number of halogens is 3. The Balaban J connectivity index is 2.10. The van der Waals surface area contributed by atoms with E-state index in [1.165, 1.54) is 0 Å². The highest BCUT2D eigenvalue weighted by molar-refractivity contribution is 7.89. The molecule has 0 aliphatic carbocycles. The van der Waals surface area contributed by atoms with Crippen molar-refractivity contribution in [2.75, 3.05) is 6.54 Å². The van der Waals surface area contributed by atoms with Gasteiger partial charge in [0.15, 0.2) is 0 Å². The smallest absolute Gasteiger partial charge is 0.207 e. The summed E-state index contributed by atoms with van der Waals surface area (Å²) in [5.74, 6) is 3.35. The standard InChI is InChI=1S/C15H10ClF2NO2S/c16-15-6-2-1-4-11(15)5-3-7-19-22(20,21)14-9-12(17)8-13(18)10-14/h1-2,4,6,8-10,19H,7H2. The van der Waals surface area contributed by atoms with Gasteiger partial charge in [0.1, 0.15) is 11.6 Å². The third-order valence-electron chi connectivity index (χ3n) is 2.59. The normalized spacial score (nSPS) is 10.9. The topological polar surface area (TPSA) is 46.2 Å². The van der Waals surface area contributed by atoms with E-state index in [9.17, 15) is 17.2 Å². The SMILES string of the molecule is O=S(=O)(NCC#Cc1ccccc1Cl)c1cc(F)cc(F)c1. The van der Waals surface area contributed by atoms with Crippen LogP contribution in [-0.4, -0.2) is 15.0 Å². The van der Waals surface area contributed by atoms with Crippen molar-refractivity contribution in [3.8, 4) is 11.8 Å². The van der Waals surface area contributed by atoms with Crippen LogP contribution in [0.3, 0.4) is 0 Å². The van der Waals surface area contributed by atoms with Gasteiger partial charge in [-0.2, -0.15) is 4.72 Å². The third kappa shape index (κ3) is 4.28. The van der Waals surface area contributed by atoms with E-state index in [0.717, 1.165) is 12.1 Å². The first kappa shape index (κ1) is 16.4. The van der Waals surface area contributed by atoms with Crippen LogP contribution >= 0.6 is 11.6 Å². The third-order valence-corrected chi connectivity index (χ3v) is 4.30. The van der Waals surface area contributed by atoms with Crippen LogP contribution in [0.4, 0.5) is 8.78 Å². The molecule has 2 aromatic carbocycles. The Morgan fingerprint density at radius 2 is 1.73 bits per heavy atom. The maximum absolute atomic E-state index is 13.0. The summed E-state index contributed by atoms with van der Waals surface area (Å²) in [6.45, 7) is -0.217. The molecule has 0 radical (unpaired) electrons. The average Bonchev–Trinajstić information content (AvgIpc) is 2.44. The first-order chi connectivity index (χ1) is 10.4. The summed E-state index contributed by atoms with van der Waals surface area (Å²) in [7, 11) is -4.04. The maximum atomic E-state index is 13.0. The minimum Gasteiger partial charge on any atom is -0.207 e. The molecule has 1 N–H and O–H groups in total. The van der Waals surface area contributed by atoms with Crippen LogP contribution in [-0.2, 0) is 10.0 Å². The maximum Gasteiger partial charge on any atom is 0.241 e. The Kier molecular flexibility index (Phi) is 5.14. The van der Waals surface area contributed by atoms with Gasteiger partial charge in [0, 0.05) is 11.6 Å². The van der Waals surface area contributed by atoms with E-state index in [1.807, 2.05) is 0 Å². The number of benzene rings is 2. The average molecular weight is 342 g/mol. The lowest BCUT2D eigenvalue weighted by Crippen LogP contribution is -2.24. The molecule has 0 bridgehead atoms. The molecule has 0 aromatic heterocycles. The molecule has 0 atom stereocenters. The number of hydrogen-bond donors (Lipinski definition) is 1. The highest BCUT2D eigenvalue weighted by Crippen LogP contribution is 2.14. The zero-order chi connectivity index (χ0) is 16.2. The molecular formula is C15H10ClF2NO2S. The van der Waals surface area contributed by atoms with Crippen LogP contribution in [0.5, 0.6) is 0 Å². The van der Waals surface area contributed by atoms with Gasteiger partial charge in [0.05, 0.1) is 16.5 Å². The number of rotatable bonds is 3. The van der Waals surface area contributed by atoms with Gasteiger partial charge >= 0.3 is 0 Å². The molecule has 2 rings (SSSR count). The van der Waals surface area contributed by atoms with Gasteiger partial charge in [0.25, 0.3) is 0 Å². The summed E-state index contributed by atoms with van der Waals surface area (Å²) in [4.78, 5) is -0.496. The van der Waals surface area contributed by atoms with Crippen molar-refractivity contribution in [1.82, 2.24) is 4.72 Å². The van der Waals surface area contributed by atoms with Crippen molar-refractivity contribution in [2.24, 2.45) is 0 Å². The summed E-state index contributed by atoms with van der Waals surface area (Å²) in [5.41, 5.74) is 0.556. The highest BCUT2D eigenvalue weighted by atomic mass is 35.5. The zero-order valence-electron chi connectivity index (χ0n) is 11.1. The van der Waals surface area contributed by atoms with Crippen LogP contribution in [0, 0.1) is 23.5 Å². The molecule has 22 heavy (non-hydrogen) atoms. The second kappa shape index (κ2) is 6.88. The van der Waals surface area contributed by atoms with Gasteiger partial charge in [-0.1, -0.05) is 35.6 Å². The lowest BCUT2D eigenvalue weighted by Gasteiger charge is -2.04. The van der Waals surface area contributed by atoms with E-state index in [1.54, 1.807) is 24.3 Å². The summed E-state index contributed by atoms with van der Waals surface area (Å²) in [6.07, 6.45) is 0. The molecule has 0 saturated carbocycles. The van der Waals surface area contributed by atoms with Crippen LogP contribution in [0.1, 0.15) is 5.56 Å². The Labute approximate surface area is 132 Å². The zero-order valence-corrected chi connectivity index (χ0v) is 12.7. The summed E-state index contributed by atoms with van der Waals surface area (Å²) < 4.78 is 52.0. The Bertz CT molecular complexity index is 837. The molecule has 0 saturated heterocycles. The predicted octanol–water partition coefficient (Wildman–Crippen LogP) is 2.95. The summed E-state index contributed by atoms with van der Waals surface area (Å²) in [5, 5.41) is 0.449. The number of sulfonamides is 1. The van der Waals surface area contributed by atoms with Gasteiger partial charge in [0.2, 0.25) is 10.0 Å². The molecule has 3 nitrogen and oxygen atoms in total. The van der Waals surface area contributed by atoms with E-state index >= 15 is 0 Å². The fraction of sp³-hybridized carbons (Fsp3) is 0.0667. The van der Waals surface area contributed by atoms with Crippen molar-refractivity contribution in [1.29, 1.82) is 0 Å². The minimum absolute atomic E-state index is 0.217. The predicted molar refractivity (Wildman–Crippen MR) is 79.9 cm³/mol. The van der Waals surface area contributed by atoms with Crippen LogP contribution in [0.2, 0.25) is 5.02 Å². The highest BCUT2D eigenvalue weighted by Gasteiger charge is 2.15. The van der Waals surface area contributed by atoms with Crippen LogP contribution in [0.25, 0.3) is 0 Å². The van der Waals surface area contributed by atoms with Crippen molar-refractivity contribution in [2.45, 2.75) is 4.90 Å². The lowest BCUT2D eigenvalue weighted by atomic mass is 10.2. The molecule has 2 aromatic rings. The first-order valence-corrected chi connectivity index (χ1v) is 7.94. The van der Waals surface area contributed by atoms with E-state index in [-0.39, 0.29) is 6.54 Å².